The summed E-state index contributed by atoms with van der Waals surface area (Å²) in [5.41, 5.74) is 1.05. The third-order valence-corrected chi connectivity index (χ3v) is 26.6. The van der Waals surface area contributed by atoms with Crippen molar-refractivity contribution in [2.75, 3.05) is 118 Å². The molecule has 17 nitrogen and oxygen atoms in total. The lowest BCUT2D eigenvalue weighted by Crippen LogP contribution is -2.51. The molecule has 0 radical (unpaired) electrons. The summed E-state index contributed by atoms with van der Waals surface area (Å²) in [5, 5.41) is 4.16. The summed E-state index contributed by atoms with van der Waals surface area (Å²) in [5.74, 6) is -2.46. The van der Waals surface area contributed by atoms with Crippen LogP contribution in [-0.4, -0.2) is 165 Å². The van der Waals surface area contributed by atoms with Crippen molar-refractivity contribution >= 4 is 22.5 Å². The number of nitrogens with zero attached hydrogens (tertiary/aromatic N) is 8. The highest BCUT2D eigenvalue weighted by Gasteiger charge is 2.57. The van der Waals surface area contributed by atoms with Gasteiger partial charge in [0.25, 0.3) is 0 Å². The number of hydrogen-bond donors (Lipinski definition) is 1. The van der Waals surface area contributed by atoms with E-state index in [1.165, 1.54) is 0 Å². The van der Waals surface area contributed by atoms with E-state index >= 15 is 0 Å². The highest BCUT2D eigenvalue weighted by Crippen LogP contribution is 2.83. The van der Waals surface area contributed by atoms with Crippen LogP contribution in [-0.2, 0) is 44.4 Å². The molecule has 60 heavy (non-hydrogen) atoms. The minimum absolute atomic E-state index is 0.231. The summed E-state index contributed by atoms with van der Waals surface area (Å²) in [7, 11) is -8.84. The van der Waals surface area contributed by atoms with E-state index in [9.17, 15) is 4.39 Å². The quantitative estimate of drug-likeness (QED) is 0.324. The number of piperidine rings is 4. The maximum Gasteiger partial charge on any atom is 0.221 e. The van der Waals surface area contributed by atoms with Gasteiger partial charge in [-0.2, -0.15) is 13.5 Å². The van der Waals surface area contributed by atoms with E-state index in [2.05, 4.69) is 28.4 Å². The van der Waals surface area contributed by atoms with Crippen LogP contribution in [0.25, 0.3) is 0 Å². The van der Waals surface area contributed by atoms with Gasteiger partial charge in [0.1, 0.15) is 5.82 Å². The Labute approximate surface area is 353 Å². The van der Waals surface area contributed by atoms with Crippen LogP contribution in [0.2, 0.25) is 0 Å². The molecule has 1 aromatic carbocycles. The van der Waals surface area contributed by atoms with Gasteiger partial charge in [0.05, 0.1) is 52.9 Å². The van der Waals surface area contributed by atoms with Crippen molar-refractivity contribution in [2.24, 2.45) is 13.5 Å². The lowest BCUT2D eigenvalue weighted by atomic mass is 10.1. The van der Waals surface area contributed by atoms with Crippen LogP contribution in [0.4, 0.5) is 4.39 Å². The Bertz CT molecular complexity index is 1710. The average Bonchev–Trinajstić information content (AvgIpc) is 4.11. The van der Waals surface area contributed by atoms with Gasteiger partial charge >= 0.3 is 0 Å². The molecule has 9 saturated heterocycles. The minimum atomic E-state index is -2.95. The number of halogens is 1. The van der Waals surface area contributed by atoms with Gasteiger partial charge in [0, 0.05) is 123 Å². The summed E-state index contributed by atoms with van der Waals surface area (Å²) in [6, 6.07) is 6.99. The van der Waals surface area contributed by atoms with E-state index in [1.807, 2.05) is 12.1 Å². The Hall–Kier alpha value is -0.720. The lowest BCUT2D eigenvalue weighted by molar-refractivity contribution is -0.182. The summed E-state index contributed by atoms with van der Waals surface area (Å²) < 4.78 is 97.5. The number of hydrogen-bond acceptors (Lipinski definition) is 17. The Kier molecular flexibility index (Phi) is 11.6. The van der Waals surface area contributed by atoms with Crippen LogP contribution >= 0.6 is 22.5 Å². The Morgan fingerprint density at radius 1 is 0.483 bits per heavy atom. The smallest absolute Gasteiger partial charge is 0.221 e. The molecule has 0 aliphatic carbocycles. The predicted molar refractivity (Wildman–Crippen MR) is 224 cm³/mol. The minimum Gasteiger partial charge on any atom is -0.347 e. The molecule has 0 amide bonds. The van der Waals surface area contributed by atoms with Crippen LogP contribution in [0, 0.1) is 5.82 Å². The summed E-state index contributed by atoms with van der Waals surface area (Å²) in [6.07, 6.45) is 8.08. The van der Waals surface area contributed by atoms with Gasteiger partial charge in [-0.15, -0.1) is 0 Å². The van der Waals surface area contributed by atoms with Crippen molar-refractivity contribution in [1.82, 2.24) is 28.4 Å². The molecule has 1 aromatic rings. The van der Waals surface area contributed by atoms with E-state index in [0.29, 0.717) is 59.4 Å². The zero-order valence-electron chi connectivity index (χ0n) is 34.9. The third-order valence-electron chi connectivity index (χ3n) is 14.3. The van der Waals surface area contributed by atoms with E-state index in [-0.39, 0.29) is 5.82 Å². The zero-order chi connectivity index (χ0) is 40.4. The SMILES string of the molecule is Fc1ccc(CN2CCCCNP23=NP(N2CCC4(CC2)OCCO4)(N2CCC4(CC2)OCCO4)=NP(N2CCC4(CC2)OCCO4)(N2CCC4(CC2)OCCO4)=N3)cc1. The van der Waals surface area contributed by atoms with Gasteiger partial charge in [-0.1, -0.05) is 12.1 Å². The molecule has 0 aromatic heterocycles. The highest BCUT2D eigenvalue weighted by molar-refractivity contribution is 7.83. The van der Waals surface area contributed by atoms with Gasteiger partial charge in [-0.25, -0.2) is 27.7 Å². The van der Waals surface area contributed by atoms with Gasteiger partial charge < -0.3 is 37.9 Å². The maximum atomic E-state index is 14.4. The van der Waals surface area contributed by atoms with Crippen molar-refractivity contribution in [3.05, 3.63) is 35.6 Å². The topological polar surface area (TPSA) is 139 Å². The zero-order valence-corrected chi connectivity index (χ0v) is 37.6. The van der Waals surface area contributed by atoms with Crippen LogP contribution in [0.1, 0.15) is 69.8 Å². The first-order valence-corrected chi connectivity index (χ1v) is 27.4. The number of rotatable bonds is 6. The molecule has 21 heteroatoms. The molecule has 10 aliphatic rings. The Morgan fingerprint density at radius 3 is 1.23 bits per heavy atom. The highest BCUT2D eigenvalue weighted by atomic mass is 31.3. The van der Waals surface area contributed by atoms with E-state index in [4.69, 9.17) is 51.4 Å². The van der Waals surface area contributed by atoms with Gasteiger partial charge in [-0.05, 0) is 30.5 Å². The summed E-state index contributed by atoms with van der Waals surface area (Å²) in [4.78, 5) is 0. The predicted octanol–water partition coefficient (Wildman–Crippen LogP) is 6.22. The van der Waals surface area contributed by atoms with Gasteiger partial charge in [-0.3, -0.25) is 5.09 Å². The van der Waals surface area contributed by atoms with Gasteiger partial charge in [0.15, 0.2) is 23.1 Å². The molecule has 0 bridgehead atoms. The molecule has 1 N–H and O–H groups in total. The largest absolute Gasteiger partial charge is 0.347 e. The fourth-order valence-electron chi connectivity index (χ4n) is 11.0. The fraction of sp³-hybridized carbons (Fsp3) is 0.846. The number of ether oxygens (including phenoxy) is 8. The molecule has 1 unspecified atom stereocenters. The van der Waals surface area contributed by atoms with Crippen molar-refractivity contribution in [3.8, 4) is 0 Å². The first-order chi connectivity index (χ1) is 29.3. The van der Waals surface area contributed by atoms with Gasteiger partial charge in [0.2, 0.25) is 22.5 Å². The van der Waals surface area contributed by atoms with E-state index < -0.39 is 45.7 Å². The molecular formula is C39H63FN9O8P3. The molecule has 5 spiro atoms. The molecule has 0 saturated carbocycles. The molecule has 1 atom stereocenters. The monoisotopic (exact) mass is 897 g/mol. The van der Waals surface area contributed by atoms with Crippen LogP contribution in [0.15, 0.2) is 37.8 Å². The normalized spacial score (nSPS) is 34.3. The maximum absolute atomic E-state index is 14.4. The second-order valence-corrected chi connectivity index (χ2v) is 26.4. The van der Waals surface area contributed by atoms with E-state index in [1.54, 1.807) is 12.1 Å². The number of nitrogens with one attached hydrogen (secondary N) is 1. The summed E-state index contributed by atoms with van der Waals surface area (Å²) in [6.45, 7) is 13.3. The second-order valence-electron chi connectivity index (χ2n) is 17.8. The van der Waals surface area contributed by atoms with Crippen LogP contribution in [0.5, 0.6) is 0 Å². The second kappa shape index (κ2) is 16.6. The molecule has 10 heterocycles. The molecule has 334 valence electrons. The van der Waals surface area contributed by atoms with E-state index in [0.717, 1.165) is 135 Å². The molecule has 11 rings (SSSR count). The number of benzene rings is 1. The molecule has 9 fully saturated rings. The van der Waals surface area contributed by atoms with Crippen molar-refractivity contribution in [2.45, 2.75) is 93.9 Å². The van der Waals surface area contributed by atoms with Crippen molar-refractivity contribution < 1.29 is 42.3 Å². The van der Waals surface area contributed by atoms with Crippen molar-refractivity contribution in [1.29, 1.82) is 0 Å². The van der Waals surface area contributed by atoms with Crippen molar-refractivity contribution in [3.63, 3.8) is 0 Å². The third kappa shape index (κ3) is 7.62. The summed E-state index contributed by atoms with van der Waals surface area (Å²) >= 11 is 0. The molecular weight excluding hydrogens is 834 g/mol. The average molecular weight is 898 g/mol. The lowest BCUT2D eigenvalue weighted by Gasteiger charge is -2.55. The molecule has 10 aliphatic heterocycles. The standard InChI is InChI=1S/C39H63FN9O8P3/c40-35-5-3-34(4-6-35)33-49-16-2-1-15-41-58(49)42-59(45-17-7-36(8-18-45)50-25-26-51-36,46-19-9-37(10-20-46)52-27-28-53-37)44-60(43-58,47-21-11-38(12-22-47)54-29-30-55-38)48-23-13-39(14-24-48)56-31-32-57-39/h3-6,41H,1-2,7-33H2. The fourth-order valence-corrected chi connectivity index (χ4v) is 26.5. The first-order valence-electron chi connectivity index (χ1n) is 22.6. The first kappa shape index (κ1) is 41.9. The Balaban J connectivity index is 1.11. The van der Waals surface area contributed by atoms with Crippen LogP contribution in [0.3, 0.4) is 0 Å². The van der Waals surface area contributed by atoms with Crippen LogP contribution < -0.4 is 5.09 Å². The Morgan fingerprint density at radius 2 is 0.850 bits per heavy atom.